The van der Waals surface area contributed by atoms with E-state index in [1.807, 2.05) is 30.3 Å². The molecule has 0 amide bonds. The summed E-state index contributed by atoms with van der Waals surface area (Å²) in [6, 6.07) is 11.5. The number of fused-ring (bicyclic) bond motifs is 1. The summed E-state index contributed by atoms with van der Waals surface area (Å²) in [6.07, 6.45) is 4.08. The Morgan fingerprint density at radius 1 is 0.944 bits per heavy atom. The molecule has 4 nitrogen and oxygen atoms in total. The third-order valence-corrected chi connectivity index (χ3v) is 2.85. The van der Waals surface area contributed by atoms with Crippen molar-refractivity contribution in [2.24, 2.45) is 0 Å². The minimum atomic E-state index is -0.724. The predicted molar refractivity (Wildman–Crippen MR) is 67.8 cm³/mol. The van der Waals surface area contributed by atoms with E-state index in [2.05, 4.69) is 15.2 Å². The van der Waals surface area contributed by atoms with Crippen molar-refractivity contribution < 1.29 is 5.11 Å². The normalized spacial score (nSPS) is 12.5. The summed E-state index contributed by atoms with van der Waals surface area (Å²) in [6.45, 7) is 0. The van der Waals surface area contributed by atoms with Gasteiger partial charge in [-0.05, 0) is 18.2 Å². The largest absolute Gasteiger partial charge is 0.384 e. The molecule has 1 atom stereocenters. The third-order valence-electron chi connectivity index (χ3n) is 2.85. The molecule has 0 bridgehead atoms. The monoisotopic (exact) mass is 237 g/mol. The predicted octanol–water partition coefficient (Wildman–Crippen LogP) is 2.11. The number of pyridine rings is 1. The van der Waals surface area contributed by atoms with Crippen LogP contribution in [0.15, 0.2) is 55.0 Å². The van der Waals surface area contributed by atoms with E-state index in [0.717, 1.165) is 16.5 Å². The van der Waals surface area contributed by atoms with Crippen LogP contribution in [-0.4, -0.2) is 20.3 Å². The van der Waals surface area contributed by atoms with E-state index in [0.29, 0.717) is 5.56 Å². The fourth-order valence-corrected chi connectivity index (χ4v) is 1.89. The van der Waals surface area contributed by atoms with Gasteiger partial charge < -0.3 is 5.11 Å². The molecule has 0 spiro atoms. The van der Waals surface area contributed by atoms with Crippen molar-refractivity contribution in [2.75, 3.05) is 0 Å². The van der Waals surface area contributed by atoms with E-state index in [9.17, 15) is 5.11 Å². The minimum Gasteiger partial charge on any atom is -0.384 e. The van der Waals surface area contributed by atoms with Gasteiger partial charge in [-0.15, -0.1) is 0 Å². The van der Waals surface area contributed by atoms with Gasteiger partial charge in [0.25, 0.3) is 0 Å². The first-order valence-corrected chi connectivity index (χ1v) is 5.64. The number of hydrogen-bond donors (Lipinski definition) is 1. The molecule has 0 saturated heterocycles. The molecular weight excluding hydrogens is 226 g/mol. The lowest BCUT2D eigenvalue weighted by molar-refractivity contribution is 0.219. The van der Waals surface area contributed by atoms with Gasteiger partial charge in [-0.2, -0.15) is 10.2 Å². The first-order valence-electron chi connectivity index (χ1n) is 5.64. The molecule has 2 aromatic heterocycles. The van der Waals surface area contributed by atoms with E-state index in [4.69, 9.17) is 0 Å². The van der Waals surface area contributed by atoms with Gasteiger partial charge in [0.05, 0.1) is 11.7 Å². The summed E-state index contributed by atoms with van der Waals surface area (Å²) in [5.41, 5.74) is 2.38. The van der Waals surface area contributed by atoms with Crippen LogP contribution in [-0.2, 0) is 0 Å². The molecule has 88 valence electrons. The standard InChI is InChI=1S/C14H11N3O/c18-14(11-5-6-16-17-9-11)12-7-10-3-1-2-4-13(10)15-8-12/h1-9,14,18H. The second-order valence-corrected chi connectivity index (χ2v) is 4.04. The van der Waals surface area contributed by atoms with E-state index in [1.165, 1.54) is 0 Å². The fraction of sp³-hybridized carbons (Fsp3) is 0.0714. The summed E-state index contributed by atoms with van der Waals surface area (Å²) >= 11 is 0. The Balaban J connectivity index is 2.04. The molecule has 3 rings (SSSR count). The molecule has 0 aliphatic carbocycles. The Kier molecular flexibility index (Phi) is 2.70. The van der Waals surface area contributed by atoms with E-state index in [-0.39, 0.29) is 0 Å². The number of aromatic nitrogens is 3. The van der Waals surface area contributed by atoms with Crippen LogP contribution in [0.2, 0.25) is 0 Å². The lowest BCUT2D eigenvalue weighted by Crippen LogP contribution is -2.01. The molecule has 1 N–H and O–H groups in total. The molecule has 18 heavy (non-hydrogen) atoms. The Labute approximate surface area is 104 Å². The van der Waals surface area contributed by atoms with Crippen molar-refractivity contribution in [3.05, 3.63) is 66.1 Å². The highest BCUT2D eigenvalue weighted by Crippen LogP contribution is 2.23. The van der Waals surface area contributed by atoms with Crippen LogP contribution in [0.1, 0.15) is 17.2 Å². The van der Waals surface area contributed by atoms with Crippen molar-refractivity contribution in [1.29, 1.82) is 0 Å². The topological polar surface area (TPSA) is 58.9 Å². The zero-order chi connectivity index (χ0) is 12.4. The van der Waals surface area contributed by atoms with Crippen LogP contribution in [0.5, 0.6) is 0 Å². The summed E-state index contributed by atoms with van der Waals surface area (Å²) in [7, 11) is 0. The highest BCUT2D eigenvalue weighted by Gasteiger charge is 2.11. The number of rotatable bonds is 2. The number of aliphatic hydroxyl groups excluding tert-OH is 1. The molecule has 2 heterocycles. The van der Waals surface area contributed by atoms with Crippen molar-refractivity contribution in [3.63, 3.8) is 0 Å². The third kappa shape index (κ3) is 1.94. The SMILES string of the molecule is OC(c1ccnnc1)c1cnc2ccccc2c1. The first-order chi connectivity index (χ1) is 8.84. The number of para-hydroxylation sites is 1. The Bertz CT molecular complexity index is 670. The van der Waals surface area contributed by atoms with Crippen molar-refractivity contribution in [3.8, 4) is 0 Å². The van der Waals surface area contributed by atoms with Gasteiger partial charge in [0.2, 0.25) is 0 Å². The molecule has 0 aliphatic rings. The molecule has 3 aromatic rings. The van der Waals surface area contributed by atoms with Crippen LogP contribution in [0.3, 0.4) is 0 Å². The highest BCUT2D eigenvalue weighted by atomic mass is 16.3. The zero-order valence-corrected chi connectivity index (χ0v) is 9.56. The molecule has 0 fully saturated rings. The zero-order valence-electron chi connectivity index (χ0n) is 9.56. The molecule has 0 saturated carbocycles. The summed E-state index contributed by atoms with van der Waals surface area (Å²) < 4.78 is 0. The van der Waals surface area contributed by atoms with Crippen LogP contribution >= 0.6 is 0 Å². The van der Waals surface area contributed by atoms with Crippen molar-refractivity contribution in [1.82, 2.24) is 15.2 Å². The van der Waals surface area contributed by atoms with Crippen LogP contribution in [0.25, 0.3) is 10.9 Å². The number of benzene rings is 1. The maximum absolute atomic E-state index is 10.2. The lowest BCUT2D eigenvalue weighted by atomic mass is 10.0. The van der Waals surface area contributed by atoms with Gasteiger partial charge in [-0.25, -0.2) is 0 Å². The maximum atomic E-state index is 10.2. The smallest absolute Gasteiger partial charge is 0.107 e. The van der Waals surface area contributed by atoms with Gasteiger partial charge in [-0.1, -0.05) is 18.2 Å². The highest BCUT2D eigenvalue weighted by molar-refractivity contribution is 5.78. The van der Waals surface area contributed by atoms with Gasteiger partial charge in [0.15, 0.2) is 0 Å². The summed E-state index contributed by atoms with van der Waals surface area (Å²) in [5, 5.41) is 18.7. The number of aliphatic hydroxyl groups is 1. The Morgan fingerprint density at radius 3 is 2.67 bits per heavy atom. The molecule has 1 aromatic carbocycles. The van der Waals surface area contributed by atoms with Crippen LogP contribution < -0.4 is 0 Å². The van der Waals surface area contributed by atoms with Crippen LogP contribution in [0, 0.1) is 0 Å². The lowest BCUT2D eigenvalue weighted by Gasteiger charge is -2.10. The van der Waals surface area contributed by atoms with Gasteiger partial charge in [0.1, 0.15) is 6.10 Å². The molecule has 1 unspecified atom stereocenters. The van der Waals surface area contributed by atoms with E-state index >= 15 is 0 Å². The second-order valence-electron chi connectivity index (χ2n) is 4.04. The Hall–Kier alpha value is -2.33. The van der Waals surface area contributed by atoms with Crippen LogP contribution in [0.4, 0.5) is 0 Å². The molecule has 0 aliphatic heterocycles. The molecule has 0 radical (unpaired) electrons. The number of hydrogen-bond acceptors (Lipinski definition) is 4. The van der Waals surface area contributed by atoms with E-state index in [1.54, 1.807) is 24.7 Å². The first kappa shape index (κ1) is 10.8. The summed E-state index contributed by atoms with van der Waals surface area (Å²) in [4.78, 5) is 4.33. The van der Waals surface area contributed by atoms with Gasteiger partial charge in [-0.3, -0.25) is 4.98 Å². The van der Waals surface area contributed by atoms with Gasteiger partial charge in [0, 0.05) is 28.9 Å². The summed E-state index contributed by atoms with van der Waals surface area (Å²) in [5.74, 6) is 0. The average molecular weight is 237 g/mol. The average Bonchev–Trinajstić information content (AvgIpc) is 2.47. The van der Waals surface area contributed by atoms with E-state index < -0.39 is 6.10 Å². The van der Waals surface area contributed by atoms with Gasteiger partial charge >= 0.3 is 0 Å². The molecule has 4 heteroatoms. The minimum absolute atomic E-state index is 0.710. The Morgan fingerprint density at radius 2 is 1.83 bits per heavy atom. The fourth-order valence-electron chi connectivity index (χ4n) is 1.89. The molecular formula is C14H11N3O. The maximum Gasteiger partial charge on any atom is 0.107 e. The van der Waals surface area contributed by atoms with Crippen molar-refractivity contribution >= 4 is 10.9 Å². The quantitative estimate of drug-likeness (QED) is 0.741. The van der Waals surface area contributed by atoms with Crippen molar-refractivity contribution in [2.45, 2.75) is 6.10 Å². The number of nitrogens with zero attached hydrogens (tertiary/aromatic N) is 3. The second kappa shape index (κ2) is 4.50.